The highest BCUT2D eigenvalue weighted by atomic mass is 79.9. The van der Waals surface area contributed by atoms with E-state index in [1.54, 1.807) is 0 Å². The Balaban J connectivity index is 1.47. The molecule has 5 rings (SSSR count). The largest absolute Gasteiger partial charge is 0.363 e. The molecule has 0 saturated carbocycles. The van der Waals surface area contributed by atoms with Gasteiger partial charge in [0.1, 0.15) is 5.60 Å². The summed E-state index contributed by atoms with van der Waals surface area (Å²) in [5, 5.41) is 0. The average molecular weight is 406 g/mol. The molecule has 0 N–H and O–H groups in total. The molecule has 3 aromatic carbocycles. The first-order chi connectivity index (χ1) is 12.8. The summed E-state index contributed by atoms with van der Waals surface area (Å²) in [6, 6.07) is 28.4. The van der Waals surface area contributed by atoms with Gasteiger partial charge in [-0.15, -0.1) is 0 Å². The summed E-state index contributed by atoms with van der Waals surface area (Å²) < 4.78 is 7.42. The maximum absolute atomic E-state index is 6.29. The molecule has 1 saturated heterocycles. The molecular weight excluding hydrogens is 386 g/mol. The van der Waals surface area contributed by atoms with E-state index in [1.165, 1.54) is 22.3 Å². The quantitative estimate of drug-likeness (QED) is 0.587. The third-order valence-corrected chi connectivity index (χ3v) is 6.07. The number of likely N-dealkylation sites (tertiary alicyclic amines) is 1. The van der Waals surface area contributed by atoms with Gasteiger partial charge in [0.05, 0.1) is 12.6 Å². The highest BCUT2D eigenvalue weighted by Gasteiger charge is 2.52. The third-order valence-electron chi connectivity index (χ3n) is 5.57. The van der Waals surface area contributed by atoms with E-state index in [-0.39, 0.29) is 11.6 Å². The smallest absolute Gasteiger partial charge is 0.119 e. The number of benzene rings is 3. The van der Waals surface area contributed by atoms with Crippen molar-refractivity contribution in [3.05, 3.63) is 106 Å². The highest BCUT2D eigenvalue weighted by Crippen LogP contribution is 2.48. The molecule has 3 heteroatoms. The van der Waals surface area contributed by atoms with Gasteiger partial charge in [-0.1, -0.05) is 82.7 Å². The molecular formula is C23H20BrNO. The Kier molecular flexibility index (Phi) is 3.96. The fraction of sp³-hybridized carbons (Fsp3) is 0.217. The number of hydrogen-bond donors (Lipinski definition) is 0. The molecule has 2 heterocycles. The number of hydrogen-bond acceptors (Lipinski definition) is 2. The van der Waals surface area contributed by atoms with Crippen LogP contribution in [0.5, 0.6) is 0 Å². The molecule has 0 unspecified atom stereocenters. The van der Waals surface area contributed by atoms with Gasteiger partial charge >= 0.3 is 0 Å². The second-order valence-corrected chi connectivity index (χ2v) is 8.13. The van der Waals surface area contributed by atoms with Crippen LogP contribution in [-0.2, 0) is 16.9 Å². The summed E-state index contributed by atoms with van der Waals surface area (Å²) in [6.45, 7) is 2.57. The standard InChI is InChI=1S/C23H20BrNO/c24-20-11-12-21-19(13-20)14-26-23(21)15-25(16-23)22(17-7-3-1-4-8-17)18-9-5-2-6-10-18/h1-13,22H,14-16H2. The zero-order valence-electron chi connectivity index (χ0n) is 14.4. The molecule has 2 aliphatic heterocycles. The highest BCUT2D eigenvalue weighted by molar-refractivity contribution is 9.10. The van der Waals surface area contributed by atoms with E-state index in [4.69, 9.17) is 4.74 Å². The van der Waals surface area contributed by atoms with E-state index >= 15 is 0 Å². The Labute approximate surface area is 162 Å². The Bertz CT molecular complexity index is 880. The van der Waals surface area contributed by atoms with E-state index in [2.05, 4.69) is 99.7 Å². The van der Waals surface area contributed by atoms with E-state index in [0.29, 0.717) is 6.61 Å². The van der Waals surface area contributed by atoms with Crippen LogP contribution in [0.2, 0.25) is 0 Å². The molecule has 2 nitrogen and oxygen atoms in total. The minimum Gasteiger partial charge on any atom is -0.363 e. The van der Waals surface area contributed by atoms with Gasteiger partial charge in [-0.2, -0.15) is 0 Å². The summed E-state index contributed by atoms with van der Waals surface area (Å²) in [5.74, 6) is 0. The van der Waals surface area contributed by atoms with Crippen molar-refractivity contribution in [2.75, 3.05) is 13.1 Å². The zero-order chi connectivity index (χ0) is 17.6. The van der Waals surface area contributed by atoms with Gasteiger partial charge in [-0.3, -0.25) is 4.90 Å². The molecule has 1 spiro atoms. The number of nitrogens with zero attached hydrogens (tertiary/aromatic N) is 1. The lowest BCUT2D eigenvalue weighted by Gasteiger charge is -2.51. The van der Waals surface area contributed by atoms with Crippen molar-refractivity contribution in [3.63, 3.8) is 0 Å². The van der Waals surface area contributed by atoms with E-state index in [9.17, 15) is 0 Å². The van der Waals surface area contributed by atoms with E-state index < -0.39 is 0 Å². The van der Waals surface area contributed by atoms with E-state index in [1.807, 2.05) is 0 Å². The topological polar surface area (TPSA) is 12.5 Å². The van der Waals surface area contributed by atoms with Gasteiger partial charge in [0.2, 0.25) is 0 Å². The Morgan fingerprint density at radius 2 is 1.46 bits per heavy atom. The molecule has 1 fully saturated rings. The lowest BCUT2D eigenvalue weighted by molar-refractivity contribution is -0.151. The van der Waals surface area contributed by atoms with Crippen LogP contribution in [0.3, 0.4) is 0 Å². The predicted octanol–water partition coefficient (Wildman–Crippen LogP) is 5.28. The zero-order valence-corrected chi connectivity index (χ0v) is 16.0. The fourth-order valence-corrected chi connectivity index (χ4v) is 4.77. The monoisotopic (exact) mass is 405 g/mol. The van der Waals surface area contributed by atoms with Gasteiger partial charge in [-0.05, 0) is 34.4 Å². The van der Waals surface area contributed by atoms with Crippen molar-refractivity contribution in [2.45, 2.75) is 18.2 Å². The van der Waals surface area contributed by atoms with Gasteiger partial charge in [0.25, 0.3) is 0 Å². The van der Waals surface area contributed by atoms with Crippen molar-refractivity contribution < 1.29 is 4.74 Å². The maximum Gasteiger partial charge on any atom is 0.119 e. The molecule has 130 valence electrons. The summed E-state index contributed by atoms with van der Waals surface area (Å²) in [5.41, 5.74) is 5.20. The van der Waals surface area contributed by atoms with Crippen LogP contribution in [0.25, 0.3) is 0 Å². The molecule has 0 radical (unpaired) electrons. The number of fused-ring (bicyclic) bond motifs is 2. The van der Waals surface area contributed by atoms with Crippen LogP contribution in [0.1, 0.15) is 28.3 Å². The van der Waals surface area contributed by atoms with Crippen LogP contribution in [0.15, 0.2) is 83.3 Å². The minimum atomic E-state index is -0.141. The van der Waals surface area contributed by atoms with Crippen LogP contribution in [-0.4, -0.2) is 18.0 Å². The molecule has 3 aromatic rings. The van der Waals surface area contributed by atoms with Gasteiger partial charge in [-0.25, -0.2) is 0 Å². The minimum absolute atomic E-state index is 0.141. The lowest BCUT2D eigenvalue weighted by atomic mass is 9.82. The summed E-state index contributed by atoms with van der Waals surface area (Å²) in [4.78, 5) is 2.53. The van der Waals surface area contributed by atoms with Crippen molar-refractivity contribution >= 4 is 15.9 Å². The average Bonchev–Trinajstić information content (AvgIpc) is 3.02. The molecule has 0 aromatic heterocycles. The van der Waals surface area contributed by atoms with Crippen LogP contribution >= 0.6 is 15.9 Å². The Morgan fingerprint density at radius 1 is 0.846 bits per heavy atom. The van der Waals surface area contributed by atoms with Crippen molar-refractivity contribution in [3.8, 4) is 0 Å². The van der Waals surface area contributed by atoms with Crippen LogP contribution < -0.4 is 0 Å². The SMILES string of the molecule is Brc1ccc2c(c1)COC21CN(C(c2ccccc2)c2ccccc2)C1. The van der Waals surface area contributed by atoms with Gasteiger partial charge < -0.3 is 4.74 Å². The second kappa shape index (κ2) is 6.34. The number of ether oxygens (including phenoxy) is 1. The fourth-order valence-electron chi connectivity index (χ4n) is 4.36. The summed E-state index contributed by atoms with van der Waals surface area (Å²) >= 11 is 3.57. The first-order valence-electron chi connectivity index (χ1n) is 9.02. The lowest BCUT2D eigenvalue weighted by Crippen LogP contribution is -2.60. The number of halogens is 1. The molecule has 0 bridgehead atoms. The molecule has 26 heavy (non-hydrogen) atoms. The molecule has 0 aliphatic carbocycles. The molecule has 2 aliphatic rings. The van der Waals surface area contributed by atoms with Crippen molar-refractivity contribution in [1.82, 2.24) is 4.90 Å². The van der Waals surface area contributed by atoms with Crippen LogP contribution in [0, 0.1) is 0 Å². The number of rotatable bonds is 3. The molecule has 0 amide bonds. The van der Waals surface area contributed by atoms with Gasteiger partial charge in [0, 0.05) is 17.6 Å². The first kappa shape index (κ1) is 16.2. The first-order valence-corrected chi connectivity index (χ1v) is 9.81. The molecule has 0 atom stereocenters. The van der Waals surface area contributed by atoms with Crippen LogP contribution in [0.4, 0.5) is 0 Å². The predicted molar refractivity (Wildman–Crippen MR) is 107 cm³/mol. The Hall–Kier alpha value is -1.94. The normalized spacial score (nSPS) is 18.1. The van der Waals surface area contributed by atoms with Crippen molar-refractivity contribution in [1.29, 1.82) is 0 Å². The third kappa shape index (κ3) is 2.62. The second-order valence-electron chi connectivity index (χ2n) is 7.21. The summed E-state index contributed by atoms with van der Waals surface area (Å²) in [6.07, 6.45) is 0. The van der Waals surface area contributed by atoms with E-state index in [0.717, 1.165) is 17.6 Å². The maximum atomic E-state index is 6.29. The summed E-state index contributed by atoms with van der Waals surface area (Å²) in [7, 11) is 0. The Morgan fingerprint density at radius 3 is 2.08 bits per heavy atom. The van der Waals surface area contributed by atoms with Gasteiger partial charge in [0.15, 0.2) is 0 Å². The van der Waals surface area contributed by atoms with Crippen molar-refractivity contribution in [2.24, 2.45) is 0 Å².